The fourth-order valence-electron chi connectivity index (χ4n) is 1.58. The average Bonchev–Trinajstić information content (AvgIpc) is 2.38. The summed E-state index contributed by atoms with van der Waals surface area (Å²) in [5.74, 6) is 0.459. The van der Waals surface area contributed by atoms with E-state index in [-0.39, 0.29) is 6.61 Å². The lowest BCUT2D eigenvalue weighted by molar-refractivity contribution is -0.139. The smallest absolute Gasteiger partial charge is 0.341 e. The molecule has 1 aromatic rings. The summed E-state index contributed by atoms with van der Waals surface area (Å²) in [5, 5.41) is 11.7. The van der Waals surface area contributed by atoms with E-state index in [2.05, 4.69) is 10.3 Å². The van der Waals surface area contributed by atoms with Gasteiger partial charge in [0.05, 0.1) is 0 Å². The van der Waals surface area contributed by atoms with Gasteiger partial charge in [-0.25, -0.2) is 4.79 Å². The zero-order valence-corrected chi connectivity index (χ0v) is 9.35. The fraction of sp³-hybridized carbons (Fsp3) is 0.333. The third-order valence-electron chi connectivity index (χ3n) is 2.39. The number of nitrogens with zero attached hydrogens (tertiary/aromatic N) is 1. The highest BCUT2D eigenvalue weighted by atomic mass is 16.5. The van der Waals surface area contributed by atoms with Gasteiger partial charge in [-0.2, -0.15) is 0 Å². The van der Waals surface area contributed by atoms with Crippen LogP contribution >= 0.6 is 0 Å². The van der Waals surface area contributed by atoms with Crippen molar-refractivity contribution in [1.29, 1.82) is 0 Å². The van der Waals surface area contributed by atoms with E-state index in [1.165, 1.54) is 0 Å². The maximum absolute atomic E-state index is 10.3. The Morgan fingerprint density at radius 1 is 1.41 bits per heavy atom. The highest BCUT2D eigenvalue weighted by Crippen LogP contribution is 2.13. The van der Waals surface area contributed by atoms with E-state index >= 15 is 0 Å². The van der Waals surface area contributed by atoms with Crippen molar-refractivity contribution in [3.05, 3.63) is 29.8 Å². The van der Waals surface area contributed by atoms with Gasteiger partial charge in [-0.05, 0) is 30.7 Å². The summed E-state index contributed by atoms with van der Waals surface area (Å²) < 4.78 is 5.05. The molecule has 1 aliphatic heterocycles. The number of aliphatic imine (C=N–C) groups is 1. The third-order valence-corrected chi connectivity index (χ3v) is 2.39. The standard InChI is InChI=1S/C12H14N2O3/c15-11(16)8-17-10-4-2-9(3-5-10)12-13-6-1-7-14-12/h2-5H,1,6-8H2,(H,13,14)(H,15,16). The second kappa shape index (κ2) is 5.34. The molecule has 1 aliphatic rings. The number of hydrogen-bond acceptors (Lipinski definition) is 4. The Bertz CT molecular complexity index is 426. The van der Waals surface area contributed by atoms with Crippen LogP contribution in [0.15, 0.2) is 29.3 Å². The first kappa shape index (κ1) is 11.4. The Labute approximate surface area is 99.1 Å². The van der Waals surface area contributed by atoms with Gasteiger partial charge in [0, 0.05) is 18.7 Å². The van der Waals surface area contributed by atoms with E-state index in [1.807, 2.05) is 12.1 Å². The molecule has 5 nitrogen and oxygen atoms in total. The van der Waals surface area contributed by atoms with Crippen molar-refractivity contribution in [3.8, 4) is 5.75 Å². The molecule has 5 heteroatoms. The van der Waals surface area contributed by atoms with Crippen LogP contribution in [0.25, 0.3) is 0 Å². The predicted molar refractivity (Wildman–Crippen MR) is 63.6 cm³/mol. The molecule has 0 radical (unpaired) electrons. The third kappa shape index (κ3) is 3.21. The number of ether oxygens (including phenoxy) is 1. The van der Waals surface area contributed by atoms with Crippen LogP contribution in [-0.4, -0.2) is 36.6 Å². The van der Waals surface area contributed by atoms with Crippen molar-refractivity contribution < 1.29 is 14.6 Å². The molecule has 0 bridgehead atoms. The van der Waals surface area contributed by atoms with Gasteiger partial charge in [0.2, 0.25) is 0 Å². The first-order valence-electron chi connectivity index (χ1n) is 5.49. The molecule has 0 spiro atoms. The van der Waals surface area contributed by atoms with Crippen LogP contribution in [-0.2, 0) is 4.79 Å². The first-order valence-corrected chi connectivity index (χ1v) is 5.49. The number of hydrogen-bond donors (Lipinski definition) is 2. The Morgan fingerprint density at radius 3 is 2.76 bits per heavy atom. The predicted octanol–water partition coefficient (Wildman–Crippen LogP) is 0.890. The summed E-state index contributed by atoms with van der Waals surface area (Å²) in [6, 6.07) is 7.23. The number of nitrogens with one attached hydrogen (secondary N) is 1. The number of carbonyl (C=O) groups is 1. The Kier molecular flexibility index (Phi) is 3.59. The second-order valence-electron chi connectivity index (χ2n) is 3.72. The van der Waals surface area contributed by atoms with Gasteiger partial charge in [-0.3, -0.25) is 4.99 Å². The maximum Gasteiger partial charge on any atom is 0.341 e. The van der Waals surface area contributed by atoms with E-state index in [0.717, 1.165) is 30.9 Å². The zero-order chi connectivity index (χ0) is 12.1. The molecule has 0 unspecified atom stereocenters. The Hall–Kier alpha value is -2.04. The van der Waals surface area contributed by atoms with E-state index in [0.29, 0.717) is 5.75 Å². The monoisotopic (exact) mass is 234 g/mol. The summed E-state index contributed by atoms with van der Waals surface area (Å²) in [5.41, 5.74) is 0.993. The van der Waals surface area contributed by atoms with Crippen LogP contribution in [0, 0.1) is 0 Å². The fourth-order valence-corrected chi connectivity index (χ4v) is 1.58. The SMILES string of the molecule is O=C(O)COc1ccc(C2=NCCCN2)cc1. The van der Waals surface area contributed by atoms with Crippen LogP contribution in [0.4, 0.5) is 0 Å². The van der Waals surface area contributed by atoms with Crippen molar-refractivity contribution in [2.24, 2.45) is 4.99 Å². The molecular weight excluding hydrogens is 220 g/mol. The second-order valence-corrected chi connectivity index (χ2v) is 3.72. The number of amidine groups is 1. The Balaban J connectivity index is 2.02. The topological polar surface area (TPSA) is 70.9 Å². The highest BCUT2D eigenvalue weighted by Gasteiger charge is 2.07. The Morgan fingerprint density at radius 2 is 2.18 bits per heavy atom. The lowest BCUT2D eigenvalue weighted by atomic mass is 10.2. The van der Waals surface area contributed by atoms with E-state index in [4.69, 9.17) is 9.84 Å². The molecule has 0 aromatic heterocycles. The summed E-state index contributed by atoms with van der Waals surface area (Å²) >= 11 is 0. The van der Waals surface area contributed by atoms with Crippen LogP contribution in [0.3, 0.4) is 0 Å². The maximum atomic E-state index is 10.3. The molecule has 0 saturated heterocycles. The first-order chi connectivity index (χ1) is 8.25. The van der Waals surface area contributed by atoms with Crippen molar-refractivity contribution in [2.75, 3.05) is 19.7 Å². The van der Waals surface area contributed by atoms with E-state index in [1.54, 1.807) is 12.1 Å². The molecule has 0 atom stereocenters. The van der Waals surface area contributed by atoms with Gasteiger partial charge in [0.15, 0.2) is 6.61 Å². The zero-order valence-electron chi connectivity index (χ0n) is 9.35. The normalized spacial score (nSPS) is 14.7. The van der Waals surface area contributed by atoms with Gasteiger partial charge in [0.25, 0.3) is 0 Å². The average molecular weight is 234 g/mol. The summed E-state index contributed by atoms with van der Waals surface area (Å²) in [6.45, 7) is 1.47. The van der Waals surface area contributed by atoms with Gasteiger partial charge in [-0.15, -0.1) is 0 Å². The lowest BCUT2D eigenvalue weighted by Crippen LogP contribution is -2.30. The quantitative estimate of drug-likeness (QED) is 0.811. The van der Waals surface area contributed by atoms with Crippen LogP contribution < -0.4 is 10.1 Å². The van der Waals surface area contributed by atoms with Crippen molar-refractivity contribution in [3.63, 3.8) is 0 Å². The summed E-state index contributed by atoms with van der Waals surface area (Å²) in [7, 11) is 0. The molecule has 0 fully saturated rings. The minimum atomic E-state index is -0.979. The van der Waals surface area contributed by atoms with E-state index in [9.17, 15) is 4.79 Å². The van der Waals surface area contributed by atoms with E-state index < -0.39 is 5.97 Å². The van der Waals surface area contributed by atoms with Crippen molar-refractivity contribution >= 4 is 11.8 Å². The lowest BCUT2D eigenvalue weighted by Gasteiger charge is -2.14. The number of benzene rings is 1. The number of aliphatic carboxylic acids is 1. The highest BCUT2D eigenvalue weighted by molar-refractivity contribution is 5.99. The van der Waals surface area contributed by atoms with Gasteiger partial charge < -0.3 is 15.2 Å². The molecule has 2 N–H and O–H groups in total. The molecular formula is C12H14N2O3. The van der Waals surface area contributed by atoms with Gasteiger partial charge in [0.1, 0.15) is 11.6 Å². The minimum absolute atomic E-state index is 0.321. The molecule has 0 amide bonds. The molecule has 2 rings (SSSR count). The molecule has 90 valence electrons. The van der Waals surface area contributed by atoms with Crippen LogP contribution in [0.2, 0.25) is 0 Å². The number of carboxylic acid groups (broad SMARTS) is 1. The minimum Gasteiger partial charge on any atom is -0.482 e. The molecule has 1 aromatic carbocycles. The van der Waals surface area contributed by atoms with Crippen LogP contribution in [0.5, 0.6) is 5.75 Å². The number of rotatable bonds is 4. The largest absolute Gasteiger partial charge is 0.482 e. The van der Waals surface area contributed by atoms with Crippen LogP contribution in [0.1, 0.15) is 12.0 Å². The molecule has 1 heterocycles. The van der Waals surface area contributed by atoms with Gasteiger partial charge in [-0.1, -0.05) is 0 Å². The molecule has 0 aliphatic carbocycles. The van der Waals surface area contributed by atoms with Gasteiger partial charge >= 0.3 is 5.97 Å². The number of carboxylic acids is 1. The summed E-state index contributed by atoms with van der Waals surface area (Å²) in [6.07, 6.45) is 1.06. The molecule has 0 saturated carbocycles. The van der Waals surface area contributed by atoms with Crippen molar-refractivity contribution in [2.45, 2.75) is 6.42 Å². The molecule has 17 heavy (non-hydrogen) atoms. The summed E-state index contributed by atoms with van der Waals surface area (Å²) in [4.78, 5) is 14.7. The van der Waals surface area contributed by atoms with Crippen molar-refractivity contribution in [1.82, 2.24) is 5.32 Å².